The Morgan fingerprint density at radius 3 is 2.24 bits per heavy atom. The van der Waals surface area contributed by atoms with Gasteiger partial charge in [0.25, 0.3) is 0 Å². The van der Waals surface area contributed by atoms with Gasteiger partial charge in [0.2, 0.25) is 15.6 Å². The number of carbonyl (C=O) groups excluding carboxylic acids is 1. The summed E-state index contributed by atoms with van der Waals surface area (Å²) in [7, 11) is -2.78. The molecule has 4 rings (SSSR count). The number of sulfone groups is 1. The van der Waals surface area contributed by atoms with E-state index in [0.717, 1.165) is 23.5 Å². The van der Waals surface area contributed by atoms with Crippen LogP contribution in [0.15, 0.2) is 82.6 Å². The molecule has 0 saturated carbocycles. The lowest BCUT2D eigenvalue weighted by Crippen LogP contribution is -2.08. The Morgan fingerprint density at radius 2 is 1.62 bits per heavy atom. The van der Waals surface area contributed by atoms with Crippen LogP contribution in [0.5, 0.6) is 5.75 Å². The zero-order valence-electron chi connectivity index (χ0n) is 17.7. The molecule has 0 bridgehead atoms. The summed E-state index contributed by atoms with van der Waals surface area (Å²) >= 11 is 0.776. The second kappa shape index (κ2) is 9.24. The van der Waals surface area contributed by atoms with Crippen molar-refractivity contribution in [3.63, 3.8) is 0 Å². The number of rotatable bonds is 7. The van der Waals surface area contributed by atoms with Gasteiger partial charge in [-0.3, -0.25) is 4.79 Å². The number of thiophene rings is 1. The van der Waals surface area contributed by atoms with E-state index in [1.165, 1.54) is 61.7 Å². The first kappa shape index (κ1) is 23.4. The molecule has 3 aromatic carbocycles. The highest BCUT2D eigenvalue weighted by molar-refractivity contribution is 7.92. The van der Waals surface area contributed by atoms with Crippen LogP contribution in [0.3, 0.4) is 0 Å². The van der Waals surface area contributed by atoms with E-state index in [-0.39, 0.29) is 36.6 Å². The molecule has 0 unspecified atom stereocenters. The number of methoxy groups -OCH3 is 1. The average molecular weight is 501 g/mol. The molecule has 1 aromatic heterocycles. The molecule has 0 saturated heterocycles. The van der Waals surface area contributed by atoms with Gasteiger partial charge in [-0.2, -0.15) is 0 Å². The summed E-state index contributed by atoms with van der Waals surface area (Å²) in [6, 6.07) is 16.1. The Hall–Kier alpha value is -3.76. The summed E-state index contributed by atoms with van der Waals surface area (Å²) in [6.45, 7) is 0. The van der Waals surface area contributed by atoms with Crippen molar-refractivity contribution in [3.8, 4) is 5.75 Å². The molecule has 0 aliphatic carbocycles. The molecule has 0 amide bonds. The number of carbonyl (C=O) groups is 1. The lowest BCUT2D eigenvalue weighted by Gasteiger charge is -2.10. The van der Waals surface area contributed by atoms with Crippen LogP contribution in [-0.4, -0.2) is 21.3 Å². The predicted molar refractivity (Wildman–Crippen MR) is 127 cm³/mol. The fourth-order valence-corrected chi connectivity index (χ4v) is 6.16. The van der Waals surface area contributed by atoms with Gasteiger partial charge >= 0.3 is 0 Å². The molecule has 174 valence electrons. The van der Waals surface area contributed by atoms with Crippen molar-refractivity contribution in [2.45, 2.75) is 9.79 Å². The van der Waals surface area contributed by atoms with Crippen molar-refractivity contribution in [1.29, 1.82) is 0 Å². The average Bonchev–Trinajstić information content (AvgIpc) is 3.17. The smallest absolute Gasteiger partial charge is 0.211 e. The Morgan fingerprint density at radius 1 is 0.971 bits per heavy atom. The maximum Gasteiger partial charge on any atom is 0.211 e. The normalized spacial score (nSPS) is 11.3. The maximum absolute atomic E-state index is 14.3. The molecular formula is C24H18F2N2O4S2. The summed E-state index contributed by atoms with van der Waals surface area (Å²) in [5.41, 5.74) is 6.07. The molecule has 3 N–H and O–H groups in total. The van der Waals surface area contributed by atoms with Gasteiger partial charge < -0.3 is 15.8 Å². The molecule has 0 aliphatic rings. The van der Waals surface area contributed by atoms with Crippen LogP contribution in [0.4, 0.5) is 25.2 Å². The van der Waals surface area contributed by atoms with Gasteiger partial charge in [-0.1, -0.05) is 12.1 Å². The van der Waals surface area contributed by atoms with Crippen LogP contribution in [0.2, 0.25) is 0 Å². The summed E-state index contributed by atoms with van der Waals surface area (Å²) in [5, 5.41) is 2.74. The van der Waals surface area contributed by atoms with E-state index < -0.39 is 27.3 Å². The van der Waals surface area contributed by atoms with Crippen molar-refractivity contribution in [3.05, 3.63) is 94.9 Å². The fraction of sp³-hybridized carbons (Fsp3) is 0.0417. The van der Waals surface area contributed by atoms with E-state index in [1.54, 1.807) is 6.07 Å². The van der Waals surface area contributed by atoms with E-state index in [1.807, 2.05) is 0 Å². The van der Waals surface area contributed by atoms with Crippen LogP contribution in [-0.2, 0) is 9.84 Å². The molecule has 0 spiro atoms. The SMILES string of the molecule is COc1ccc(S(=O)(=O)c2c(Nc3ccccc3F)sc(C(=O)c3ccc(F)cc3)c2N)cc1. The quantitative estimate of drug-likeness (QED) is 0.329. The first-order valence-corrected chi connectivity index (χ1v) is 12.2. The van der Waals surface area contributed by atoms with Gasteiger partial charge in [-0.25, -0.2) is 17.2 Å². The van der Waals surface area contributed by atoms with Crippen LogP contribution in [0.25, 0.3) is 0 Å². The maximum atomic E-state index is 14.3. The number of benzene rings is 3. The number of nitrogens with two attached hydrogens (primary N) is 1. The zero-order chi connectivity index (χ0) is 24.5. The number of nitrogen functional groups attached to an aromatic ring is 1. The molecule has 4 aromatic rings. The molecule has 1 heterocycles. The van der Waals surface area contributed by atoms with Gasteiger partial charge in [-0.05, 0) is 60.7 Å². The van der Waals surface area contributed by atoms with Crippen LogP contribution < -0.4 is 15.8 Å². The molecule has 34 heavy (non-hydrogen) atoms. The van der Waals surface area contributed by atoms with E-state index in [9.17, 15) is 22.0 Å². The number of halogens is 2. The van der Waals surface area contributed by atoms with Gasteiger partial charge in [0, 0.05) is 5.56 Å². The largest absolute Gasteiger partial charge is 0.497 e. The zero-order valence-corrected chi connectivity index (χ0v) is 19.3. The highest BCUT2D eigenvalue weighted by Gasteiger charge is 2.32. The second-order valence-electron chi connectivity index (χ2n) is 7.12. The standard InChI is InChI=1S/C24H18F2N2O4S2/c1-32-16-10-12-17(13-11-16)34(30,31)23-20(27)22(21(29)14-6-8-15(25)9-7-14)33-24(23)28-19-5-3-2-4-18(19)26/h2-13,28H,27H2,1H3. The van der Waals surface area contributed by atoms with E-state index in [2.05, 4.69) is 5.32 Å². The van der Waals surface area contributed by atoms with Crippen molar-refractivity contribution in [2.75, 3.05) is 18.2 Å². The number of ketones is 1. The fourth-order valence-electron chi connectivity index (χ4n) is 3.24. The number of ether oxygens (including phenoxy) is 1. The third-order valence-electron chi connectivity index (χ3n) is 4.97. The third kappa shape index (κ3) is 4.37. The van der Waals surface area contributed by atoms with Gasteiger partial charge in [0.05, 0.1) is 23.4 Å². The van der Waals surface area contributed by atoms with Crippen LogP contribution in [0, 0.1) is 11.6 Å². The molecule has 0 atom stereocenters. The molecule has 0 fully saturated rings. The Bertz CT molecular complexity index is 1470. The first-order valence-electron chi connectivity index (χ1n) is 9.85. The van der Waals surface area contributed by atoms with Crippen LogP contribution in [0.1, 0.15) is 15.2 Å². The number of para-hydroxylation sites is 1. The second-order valence-corrected chi connectivity index (χ2v) is 10.0. The van der Waals surface area contributed by atoms with E-state index in [4.69, 9.17) is 10.5 Å². The number of hydrogen-bond donors (Lipinski definition) is 2. The topological polar surface area (TPSA) is 98.5 Å². The minimum absolute atomic E-state index is 0.00992. The summed E-state index contributed by atoms with van der Waals surface area (Å²) < 4.78 is 59.8. The number of anilines is 3. The predicted octanol–water partition coefficient (Wildman–Crippen LogP) is 5.42. The van der Waals surface area contributed by atoms with Gasteiger partial charge in [0.15, 0.2) is 0 Å². The van der Waals surface area contributed by atoms with Crippen LogP contribution >= 0.6 is 11.3 Å². The number of hydrogen-bond acceptors (Lipinski definition) is 7. The molecule has 6 nitrogen and oxygen atoms in total. The van der Waals surface area contributed by atoms with E-state index >= 15 is 0 Å². The Kier molecular flexibility index (Phi) is 6.36. The molecular weight excluding hydrogens is 482 g/mol. The first-order chi connectivity index (χ1) is 16.2. The van der Waals surface area contributed by atoms with E-state index in [0.29, 0.717) is 5.75 Å². The highest BCUT2D eigenvalue weighted by atomic mass is 32.2. The van der Waals surface area contributed by atoms with Crippen molar-refractivity contribution in [1.82, 2.24) is 0 Å². The van der Waals surface area contributed by atoms with Crippen molar-refractivity contribution in [2.24, 2.45) is 0 Å². The van der Waals surface area contributed by atoms with Crippen molar-refractivity contribution >= 4 is 43.3 Å². The Labute approximate surface area is 198 Å². The summed E-state index contributed by atoms with van der Waals surface area (Å²) in [4.78, 5) is 12.6. The van der Waals surface area contributed by atoms with Gasteiger partial charge in [0.1, 0.15) is 32.2 Å². The molecule has 0 radical (unpaired) electrons. The summed E-state index contributed by atoms with van der Waals surface area (Å²) in [6.07, 6.45) is 0. The molecule has 10 heteroatoms. The minimum Gasteiger partial charge on any atom is -0.497 e. The Balaban J connectivity index is 1.88. The van der Waals surface area contributed by atoms with Crippen molar-refractivity contribution < 1.29 is 26.7 Å². The third-order valence-corrected chi connectivity index (χ3v) is 8.08. The summed E-state index contributed by atoms with van der Waals surface area (Å²) in [5.74, 6) is -1.28. The molecule has 0 aliphatic heterocycles. The van der Waals surface area contributed by atoms with Gasteiger partial charge in [-0.15, -0.1) is 11.3 Å². The lowest BCUT2D eigenvalue weighted by atomic mass is 10.1. The lowest BCUT2D eigenvalue weighted by molar-refractivity contribution is 0.104. The minimum atomic E-state index is -4.23. The highest BCUT2D eigenvalue weighted by Crippen LogP contribution is 2.44. The number of nitrogens with one attached hydrogen (secondary N) is 1. The monoisotopic (exact) mass is 500 g/mol.